The number of benzene rings is 1. The van der Waals surface area contributed by atoms with Crippen LogP contribution in [0.1, 0.15) is 25.8 Å². The Balaban J connectivity index is 1.34. The first kappa shape index (κ1) is 24.8. The molecule has 1 aliphatic heterocycles. The van der Waals surface area contributed by atoms with Gasteiger partial charge in [0, 0.05) is 23.7 Å². The number of anilines is 2. The molecule has 6 rings (SSSR count). The number of hydrogen-bond acceptors (Lipinski definition) is 12. The van der Waals surface area contributed by atoms with Crippen molar-refractivity contribution in [3.8, 4) is 11.6 Å². The molecule has 39 heavy (non-hydrogen) atoms. The number of nitrogens with zero attached hydrogens (tertiary/aromatic N) is 7. The first-order valence-electron chi connectivity index (χ1n) is 11.8. The molecule has 1 fully saturated rings. The van der Waals surface area contributed by atoms with E-state index in [1.54, 1.807) is 44.3 Å². The highest BCUT2D eigenvalue weighted by molar-refractivity contribution is 7.14. The molecule has 15 heteroatoms. The molecule has 1 aromatic carbocycles. The number of aromatic nitrogens is 7. The number of nitrogen functional groups attached to an aromatic ring is 1. The number of aliphatic hydroxyl groups excluding tert-OH is 1. The molecule has 1 saturated heterocycles. The summed E-state index contributed by atoms with van der Waals surface area (Å²) < 4.78 is 17.4. The Bertz CT molecular complexity index is 1800. The zero-order valence-electron chi connectivity index (χ0n) is 21.0. The lowest BCUT2D eigenvalue weighted by molar-refractivity contribution is -0.166. The largest absolute Gasteiger partial charge is 0.480 e. The summed E-state index contributed by atoms with van der Waals surface area (Å²) in [5.41, 5.74) is 5.47. The summed E-state index contributed by atoms with van der Waals surface area (Å²) in [5, 5.41) is 24.5. The van der Waals surface area contributed by atoms with E-state index in [0.717, 1.165) is 11.5 Å². The lowest BCUT2D eigenvalue weighted by Gasteiger charge is -2.42. The Hall–Kier alpha value is -4.47. The number of rotatable bonds is 5. The van der Waals surface area contributed by atoms with E-state index in [0.29, 0.717) is 44.2 Å². The summed E-state index contributed by atoms with van der Waals surface area (Å²) in [6, 6.07) is 6.66. The van der Waals surface area contributed by atoms with E-state index in [1.165, 1.54) is 22.9 Å². The van der Waals surface area contributed by atoms with Gasteiger partial charge in [0.15, 0.2) is 11.9 Å². The Kier molecular flexibility index (Phi) is 5.78. The SMILES string of the molecule is COc1cc(-n2ccc(N3CC(C)(C)OC([C@@H](O)c4nc5ccc6c(N)nsc6c5c(=O)[nH]4)C3=O)n2)cnn1. The molecule has 2 atom stereocenters. The molecule has 0 saturated carbocycles. The third kappa shape index (κ3) is 4.25. The summed E-state index contributed by atoms with van der Waals surface area (Å²) in [6.45, 7) is 3.76. The molecule has 5 heterocycles. The van der Waals surface area contributed by atoms with Crippen LogP contribution in [0.25, 0.3) is 26.7 Å². The quantitative estimate of drug-likeness (QED) is 0.287. The molecular weight excluding hydrogens is 526 g/mol. The van der Waals surface area contributed by atoms with E-state index < -0.39 is 29.3 Å². The van der Waals surface area contributed by atoms with E-state index >= 15 is 0 Å². The van der Waals surface area contributed by atoms with Crippen LogP contribution in [-0.2, 0) is 9.53 Å². The molecule has 5 aromatic rings. The van der Waals surface area contributed by atoms with Gasteiger partial charge in [0.25, 0.3) is 11.5 Å². The standard InChI is InChI=1S/C24H23N9O5S/c1-24(2)10-32(14-6-7-33(30-14)11-8-15(37-3)29-26-9-11)23(36)18(38-24)17(34)21-27-13-5-4-12-19(39-31-20(12)25)16(13)22(35)28-21/h4-9,17-18,34H,10H2,1-3H3,(H2,25,31)(H,27,28,35)/t17-,18?/m1/s1. The second kappa shape index (κ2) is 9.07. The molecule has 0 bridgehead atoms. The van der Waals surface area contributed by atoms with Crippen molar-refractivity contribution in [3.05, 3.63) is 52.8 Å². The van der Waals surface area contributed by atoms with Crippen molar-refractivity contribution in [2.45, 2.75) is 31.7 Å². The van der Waals surface area contributed by atoms with Gasteiger partial charge < -0.3 is 25.3 Å². The molecule has 1 amide bonds. The molecule has 14 nitrogen and oxygen atoms in total. The fourth-order valence-electron chi connectivity index (χ4n) is 4.55. The van der Waals surface area contributed by atoms with Crippen molar-refractivity contribution in [1.29, 1.82) is 0 Å². The van der Waals surface area contributed by atoms with Crippen LogP contribution in [-0.4, -0.2) is 70.7 Å². The fourth-order valence-corrected chi connectivity index (χ4v) is 5.39. The molecule has 0 aliphatic carbocycles. The Morgan fingerprint density at radius 2 is 2.13 bits per heavy atom. The number of ether oxygens (including phenoxy) is 2. The Labute approximate surface area is 224 Å². The van der Waals surface area contributed by atoms with Crippen LogP contribution in [0, 0.1) is 0 Å². The third-order valence-corrected chi connectivity index (χ3v) is 7.26. The summed E-state index contributed by atoms with van der Waals surface area (Å²) in [4.78, 5) is 35.2. The van der Waals surface area contributed by atoms with Gasteiger partial charge in [0.05, 0.1) is 46.7 Å². The van der Waals surface area contributed by atoms with Gasteiger partial charge >= 0.3 is 0 Å². The van der Waals surface area contributed by atoms with Crippen molar-refractivity contribution in [3.63, 3.8) is 0 Å². The number of carbonyl (C=O) groups excluding carboxylic acids is 1. The average Bonchev–Trinajstić information content (AvgIpc) is 3.56. The highest BCUT2D eigenvalue weighted by Crippen LogP contribution is 2.33. The molecule has 0 radical (unpaired) electrons. The van der Waals surface area contributed by atoms with E-state index in [4.69, 9.17) is 15.2 Å². The summed E-state index contributed by atoms with van der Waals surface area (Å²) in [6.07, 6.45) is 0.259. The van der Waals surface area contributed by atoms with E-state index in [-0.39, 0.29) is 12.4 Å². The third-order valence-electron chi connectivity index (χ3n) is 6.36. The minimum absolute atomic E-state index is 0.0965. The summed E-state index contributed by atoms with van der Waals surface area (Å²) >= 11 is 1.09. The first-order valence-corrected chi connectivity index (χ1v) is 12.6. The molecule has 4 aromatic heterocycles. The molecular formula is C24H23N9O5S. The van der Waals surface area contributed by atoms with Gasteiger partial charge in [0.1, 0.15) is 17.7 Å². The number of nitrogens with one attached hydrogen (secondary N) is 1. The van der Waals surface area contributed by atoms with Gasteiger partial charge in [0.2, 0.25) is 5.88 Å². The number of carbonyl (C=O) groups is 1. The lowest BCUT2D eigenvalue weighted by Crippen LogP contribution is -2.58. The number of aromatic amines is 1. The van der Waals surface area contributed by atoms with Crippen LogP contribution in [0.5, 0.6) is 5.88 Å². The maximum absolute atomic E-state index is 13.6. The van der Waals surface area contributed by atoms with Crippen LogP contribution in [0.15, 0.2) is 41.5 Å². The molecule has 0 spiro atoms. The zero-order chi connectivity index (χ0) is 27.5. The van der Waals surface area contributed by atoms with Gasteiger partial charge in [-0.05, 0) is 37.5 Å². The second-order valence-corrected chi connectivity index (χ2v) is 10.4. The number of morpholine rings is 1. The number of H-pyrrole nitrogens is 1. The van der Waals surface area contributed by atoms with Gasteiger partial charge in [-0.3, -0.25) is 14.5 Å². The van der Waals surface area contributed by atoms with Crippen LogP contribution in [0.2, 0.25) is 0 Å². The van der Waals surface area contributed by atoms with Crippen LogP contribution in [0.3, 0.4) is 0 Å². The highest BCUT2D eigenvalue weighted by atomic mass is 32.1. The summed E-state index contributed by atoms with van der Waals surface area (Å²) in [7, 11) is 1.48. The van der Waals surface area contributed by atoms with Crippen molar-refractivity contribution in [2.24, 2.45) is 0 Å². The van der Waals surface area contributed by atoms with Crippen molar-refractivity contribution in [1.82, 2.24) is 34.3 Å². The van der Waals surface area contributed by atoms with Crippen LogP contribution < -0.4 is 20.9 Å². The zero-order valence-corrected chi connectivity index (χ0v) is 21.8. The minimum Gasteiger partial charge on any atom is -0.480 e. The molecule has 200 valence electrons. The molecule has 4 N–H and O–H groups in total. The molecule has 1 unspecified atom stereocenters. The average molecular weight is 550 g/mol. The van der Waals surface area contributed by atoms with Crippen LogP contribution in [0.4, 0.5) is 11.6 Å². The van der Waals surface area contributed by atoms with E-state index in [9.17, 15) is 14.7 Å². The van der Waals surface area contributed by atoms with Gasteiger partial charge in [-0.25, -0.2) is 9.67 Å². The van der Waals surface area contributed by atoms with Gasteiger partial charge in [-0.2, -0.15) is 9.47 Å². The summed E-state index contributed by atoms with van der Waals surface area (Å²) in [5.74, 6) is 0.347. The topological polar surface area (TPSA) is 187 Å². The van der Waals surface area contributed by atoms with Crippen molar-refractivity contribution in [2.75, 3.05) is 24.3 Å². The fraction of sp³-hybridized carbons (Fsp3) is 0.292. The van der Waals surface area contributed by atoms with E-state index in [2.05, 4.69) is 29.6 Å². The van der Waals surface area contributed by atoms with Crippen LogP contribution >= 0.6 is 11.5 Å². The predicted molar refractivity (Wildman–Crippen MR) is 142 cm³/mol. The monoisotopic (exact) mass is 549 g/mol. The number of hydrogen-bond donors (Lipinski definition) is 3. The Morgan fingerprint density at radius 3 is 2.92 bits per heavy atom. The Morgan fingerprint density at radius 1 is 1.31 bits per heavy atom. The van der Waals surface area contributed by atoms with Gasteiger partial charge in [-0.1, -0.05) is 0 Å². The maximum atomic E-state index is 13.6. The maximum Gasteiger partial charge on any atom is 0.260 e. The number of aliphatic hydroxyl groups is 1. The van der Waals surface area contributed by atoms with Crippen molar-refractivity contribution >= 4 is 50.1 Å². The van der Waals surface area contributed by atoms with Crippen molar-refractivity contribution < 1.29 is 19.4 Å². The number of fused-ring (bicyclic) bond motifs is 3. The van der Waals surface area contributed by atoms with E-state index in [1.807, 2.05) is 0 Å². The normalized spacial score (nSPS) is 18.1. The number of amides is 1. The predicted octanol–water partition coefficient (Wildman–Crippen LogP) is 1.34. The number of nitrogens with two attached hydrogens (primary N) is 1. The first-order chi connectivity index (χ1) is 18.6. The van der Waals surface area contributed by atoms with Gasteiger partial charge in [-0.15, -0.1) is 10.2 Å². The lowest BCUT2D eigenvalue weighted by atomic mass is 10.0. The minimum atomic E-state index is -1.56. The highest BCUT2D eigenvalue weighted by Gasteiger charge is 2.45. The second-order valence-electron chi connectivity index (χ2n) is 9.60. The molecule has 1 aliphatic rings. The smallest absolute Gasteiger partial charge is 0.260 e. The number of methoxy groups -OCH3 is 1.